The predicted molar refractivity (Wildman–Crippen MR) is 68.1 cm³/mol. The van der Waals surface area contributed by atoms with Crippen LogP contribution in [0, 0.1) is 6.92 Å². The number of nitrogens with zero attached hydrogens (tertiary/aromatic N) is 2. The molecule has 1 aromatic heterocycles. The van der Waals surface area contributed by atoms with Crippen molar-refractivity contribution < 1.29 is 9.53 Å². The van der Waals surface area contributed by atoms with Gasteiger partial charge >= 0.3 is 5.97 Å². The quantitative estimate of drug-likeness (QED) is 0.780. The second-order valence-corrected chi connectivity index (χ2v) is 6.55. The summed E-state index contributed by atoms with van der Waals surface area (Å²) < 4.78 is 9.46. The number of carbonyl (C=O) groups excluding carboxylic acids is 1. The first-order valence-corrected chi connectivity index (χ1v) is 6.40. The largest absolute Gasteiger partial charge is 0.460 e. The Morgan fingerprint density at radius 1 is 1.29 bits per heavy atom. The third kappa shape index (κ3) is 4.42. The van der Waals surface area contributed by atoms with Crippen LogP contribution in [0.25, 0.3) is 0 Å². The molecule has 0 aliphatic heterocycles. The van der Waals surface area contributed by atoms with Crippen LogP contribution >= 0.6 is 11.5 Å². The van der Waals surface area contributed by atoms with Crippen molar-refractivity contribution in [3.8, 4) is 0 Å². The molecule has 0 saturated heterocycles. The third-order valence-electron chi connectivity index (χ3n) is 2.11. The Balaban J connectivity index is 2.70. The van der Waals surface area contributed by atoms with Gasteiger partial charge in [-0.25, -0.2) is 4.98 Å². The number of rotatable bonds is 3. The lowest BCUT2D eigenvalue weighted by Crippen LogP contribution is -2.29. The van der Waals surface area contributed by atoms with Crippen LogP contribution in [0.5, 0.6) is 0 Å². The van der Waals surface area contributed by atoms with Gasteiger partial charge in [0.1, 0.15) is 16.4 Å². The summed E-state index contributed by atoms with van der Waals surface area (Å²) in [6.07, 6.45) is 0.318. The fraction of sp³-hybridized carbons (Fsp3) is 0.750. The summed E-state index contributed by atoms with van der Waals surface area (Å²) in [4.78, 5) is 16.1. The first-order valence-electron chi connectivity index (χ1n) is 5.63. The molecular formula is C12H20N2O2S. The molecule has 1 aromatic rings. The molecule has 0 aliphatic rings. The molecule has 0 aromatic carbocycles. The van der Waals surface area contributed by atoms with E-state index in [0.717, 1.165) is 10.8 Å². The van der Waals surface area contributed by atoms with Crippen LogP contribution < -0.4 is 0 Å². The zero-order valence-electron chi connectivity index (χ0n) is 11.3. The van der Waals surface area contributed by atoms with Crippen LogP contribution in [0.4, 0.5) is 0 Å². The Kier molecular flexibility index (Phi) is 3.91. The Morgan fingerprint density at radius 2 is 1.88 bits per heavy atom. The summed E-state index contributed by atoms with van der Waals surface area (Å²) in [7, 11) is 0. The average Bonchev–Trinajstić information content (AvgIpc) is 2.46. The van der Waals surface area contributed by atoms with Gasteiger partial charge in [0.15, 0.2) is 0 Å². The smallest absolute Gasteiger partial charge is 0.307 e. The van der Waals surface area contributed by atoms with E-state index < -0.39 is 5.60 Å². The van der Waals surface area contributed by atoms with Crippen LogP contribution in [0.1, 0.15) is 51.9 Å². The van der Waals surface area contributed by atoms with Crippen molar-refractivity contribution in [1.29, 1.82) is 0 Å². The van der Waals surface area contributed by atoms with Gasteiger partial charge in [0.2, 0.25) is 0 Å². The minimum absolute atomic E-state index is 0.199. The summed E-state index contributed by atoms with van der Waals surface area (Å²) in [5, 5.41) is 0.876. The maximum atomic E-state index is 11.8. The molecule has 0 radical (unpaired) electrons. The van der Waals surface area contributed by atoms with Gasteiger partial charge in [0.25, 0.3) is 0 Å². The number of hydrogen-bond acceptors (Lipinski definition) is 5. The molecule has 0 saturated carbocycles. The summed E-state index contributed by atoms with van der Waals surface area (Å²) in [6, 6.07) is 0. The van der Waals surface area contributed by atoms with Crippen molar-refractivity contribution >= 4 is 17.5 Å². The Morgan fingerprint density at radius 3 is 2.29 bits per heavy atom. The van der Waals surface area contributed by atoms with E-state index in [9.17, 15) is 4.79 Å². The van der Waals surface area contributed by atoms with Gasteiger partial charge in [-0.15, -0.1) is 0 Å². The summed E-state index contributed by atoms with van der Waals surface area (Å²) in [5.41, 5.74) is -0.765. The minimum atomic E-state index is -0.440. The normalized spacial score (nSPS) is 12.6. The highest BCUT2D eigenvalue weighted by Gasteiger charge is 2.30. The molecule has 0 spiro atoms. The molecule has 0 amide bonds. The maximum Gasteiger partial charge on any atom is 0.307 e. The molecular weight excluding hydrogens is 236 g/mol. The second-order valence-electron chi connectivity index (χ2n) is 5.79. The predicted octanol–water partition coefficient (Wildman–Crippen LogP) is 2.86. The van der Waals surface area contributed by atoms with E-state index in [4.69, 9.17) is 4.74 Å². The van der Waals surface area contributed by atoms with Gasteiger partial charge < -0.3 is 4.74 Å². The first-order chi connectivity index (χ1) is 7.60. The van der Waals surface area contributed by atoms with Gasteiger partial charge in [-0.1, -0.05) is 13.8 Å². The zero-order chi connectivity index (χ0) is 13.3. The molecule has 4 nitrogen and oxygen atoms in total. The fourth-order valence-corrected chi connectivity index (χ4v) is 2.14. The van der Waals surface area contributed by atoms with E-state index in [1.807, 2.05) is 41.5 Å². The van der Waals surface area contributed by atoms with E-state index in [1.165, 1.54) is 11.5 Å². The zero-order valence-corrected chi connectivity index (χ0v) is 12.1. The fourth-order valence-electron chi connectivity index (χ4n) is 1.39. The van der Waals surface area contributed by atoms with Gasteiger partial charge in [-0.2, -0.15) is 4.37 Å². The highest BCUT2D eigenvalue weighted by molar-refractivity contribution is 7.05. The topological polar surface area (TPSA) is 52.1 Å². The molecule has 0 bridgehead atoms. The SMILES string of the molecule is Cc1nsc(C(C)(C)CC(=O)OC(C)(C)C)n1. The Hall–Kier alpha value is -0.970. The Bertz CT molecular complexity index is 405. The van der Waals surface area contributed by atoms with Crippen molar-refractivity contribution in [3.63, 3.8) is 0 Å². The van der Waals surface area contributed by atoms with Crippen molar-refractivity contribution in [3.05, 3.63) is 10.8 Å². The number of carbonyl (C=O) groups is 1. The van der Waals surface area contributed by atoms with E-state index in [-0.39, 0.29) is 11.4 Å². The van der Waals surface area contributed by atoms with Gasteiger partial charge in [-0.3, -0.25) is 4.79 Å². The van der Waals surface area contributed by atoms with Crippen LogP contribution in [0.2, 0.25) is 0 Å². The summed E-state index contributed by atoms with van der Waals surface area (Å²) >= 11 is 1.35. The first kappa shape index (κ1) is 14.1. The molecule has 17 heavy (non-hydrogen) atoms. The van der Waals surface area contributed by atoms with Crippen molar-refractivity contribution in [2.45, 2.75) is 59.0 Å². The average molecular weight is 256 g/mol. The molecule has 1 rings (SSSR count). The lowest BCUT2D eigenvalue weighted by atomic mass is 9.90. The minimum Gasteiger partial charge on any atom is -0.460 e. The van der Waals surface area contributed by atoms with Gasteiger partial charge in [-0.05, 0) is 39.2 Å². The summed E-state index contributed by atoms with van der Waals surface area (Å²) in [6.45, 7) is 11.4. The maximum absolute atomic E-state index is 11.8. The number of esters is 1. The lowest BCUT2D eigenvalue weighted by Gasteiger charge is -2.24. The van der Waals surface area contributed by atoms with Crippen molar-refractivity contribution in [2.75, 3.05) is 0 Å². The van der Waals surface area contributed by atoms with Crippen LogP contribution in [0.3, 0.4) is 0 Å². The molecule has 0 aliphatic carbocycles. The van der Waals surface area contributed by atoms with Crippen LogP contribution in [-0.4, -0.2) is 20.9 Å². The molecule has 0 atom stereocenters. The number of aryl methyl sites for hydroxylation is 1. The third-order valence-corrected chi connectivity index (χ3v) is 3.29. The molecule has 5 heteroatoms. The monoisotopic (exact) mass is 256 g/mol. The standard InChI is InChI=1S/C12H20N2O2S/c1-8-13-10(17-14-8)12(5,6)7-9(15)16-11(2,3)4/h7H2,1-6H3. The van der Waals surface area contributed by atoms with E-state index in [1.54, 1.807) is 0 Å². The van der Waals surface area contributed by atoms with Crippen molar-refractivity contribution in [1.82, 2.24) is 9.36 Å². The molecule has 0 fully saturated rings. The van der Waals surface area contributed by atoms with Crippen molar-refractivity contribution in [2.24, 2.45) is 0 Å². The molecule has 0 unspecified atom stereocenters. The number of ether oxygens (including phenoxy) is 1. The van der Waals surface area contributed by atoms with E-state index >= 15 is 0 Å². The highest BCUT2D eigenvalue weighted by atomic mass is 32.1. The Labute approximate surface area is 107 Å². The highest BCUT2D eigenvalue weighted by Crippen LogP contribution is 2.29. The van der Waals surface area contributed by atoms with E-state index in [0.29, 0.717) is 6.42 Å². The molecule has 0 N–H and O–H groups in total. The van der Waals surface area contributed by atoms with Gasteiger partial charge in [0.05, 0.1) is 6.42 Å². The second kappa shape index (κ2) is 4.72. The lowest BCUT2D eigenvalue weighted by molar-refractivity contribution is -0.156. The molecule has 1 heterocycles. The van der Waals surface area contributed by atoms with E-state index in [2.05, 4.69) is 9.36 Å². The summed E-state index contributed by atoms with van der Waals surface area (Å²) in [5.74, 6) is 0.553. The number of aromatic nitrogens is 2. The van der Waals surface area contributed by atoms with Crippen LogP contribution in [0.15, 0.2) is 0 Å². The van der Waals surface area contributed by atoms with Gasteiger partial charge in [0, 0.05) is 5.41 Å². The van der Waals surface area contributed by atoms with Crippen LogP contribution in [-0.2, 0) is 14.9 Å². The molecule has 96 valence electrons. The number of hydrogen-bond donors (Lipinski definition) is 0.